The quantitative estimate of drug-likeness (QED) is 0.839. The highest BCUT2D eigenvalue weighted by atomic mass is 16.6. The molecule has 0 fully saturated rings. The third kappa shape index (κ3) is 6.23. The minimum Gasteiger partial charge on any atom is -0.444 e. The first kappa shape index (κ1) is 18.1. The van der Waals surface area contributed by atoms with E-state index < -0.39 is 17.3 Å². The zero-order valence-electron chi connectivity index (χ0n) is 13.7. The van der Waals surface area contributed by atoms with Gasteiger partial charge in [0.2, 0.25) is 0 Å². The number of aromatic nitrogens is 2. The van der Waals surface area contributed by atoms with Gasteiger partial charge in [0.1, 0.15) is 11.3 Å². The van der Waals surface area contributed by atoms with Crippen molar-refractivity contribution in [1.82, 2.24) is 9.78 Å². The standard InChI is InChI=1S/C14H24N4O4/c1-9(15)7-21-8-10-6-11(12(19)18(5)17-10)16-13(20)22-14(2,3)4/h6,9H,7-8,15H2,1-5H3,(H,16,20)/t9-/m1/s1. The summed E-state index contributed by atoms with van der Waals surface area (Å²) in [6, 6.07) is 1.37. The third-order valence-electron chi connectivity index (χ3n) is 2.38. The number of carbonyl (C=O) groups excluding carboxylic acids is 1. The number of ether oxygens (including phenoxy) is 2. The lowest BCUT2D eigenvalue weighted by Crippen LogP contribution is -2.31. The minimum absolute atomic E-state index is 0.0890. The molecule has 0 unspecified atom stereocenters. The summed E-state index contributed by atoms with van der Waals surface area (Å²) in [7, 11) is 1.50. The van der Waals surface area contributed by atoms with E-state index in [0.29, 0.717) is 12.3 Å². The molecule has 1 atom stereocenters. The predicted octanol–water partition coefficient (Wildman–Crippen LogP) is 0.991. The largest absolute Gasteiger partial charge is 0.444 e. The maximum absolute atomic E-state index is 12.0. The van der Waals surface area contributed by atoms with E-state index in [1.807, 2.05) is 6.92 Å². The molecule has 0 aliphatic carbocycles. The number of amides is 1. The van der Waals surface area contributed by atoms with Crippen LogP contribution in [0.15, 0.2) is 10.9 Å². The van der Waals surface area contributed by atoms with Crippen molar-refractivity contribution in [3.63, 3.8) is 0 Å². The van der Waals surface area contributed by atoms with Gasteiger partial charge in [-0.25, -0.2) is 9.48 Å². The summed E-state index contributed by atoms with van der Waals surface area (Å²) in [5.41, 5.74) is 5.11. The van der Waals surface area contributed by atoms with Gasteiger partial charge in [-0.3, -0.25) is 10.1 Å². The Kier molecular flexibility index (Phi) is 6.07. The van der Waals surface area contributed by atoms with Gasteiger partial charge in [-0.2, -0.15) is 5.10 Å². The normalized spacial score (nSPS) is 12.8. The van der Waals surface area contributed by atoms with E-state index in [4.69, 9.17) is 15.2 Å². The van der Waals surface area contributed by atoms with Crippen LogP contribution in [0.3, 0.4) is 0 Å². The molecule has 0 saturated carbocycles. The Labute approximate surface area is 129 Å². The Hall–Kier alpha value is -1.93. The average Bonchev–Trinajstić information content (AvgIpc) is 2.32. The van der Waals surface area contributed by atoms with Crippen molar-refractivity contribution in [2.24, 2.45) is 12.8 Å². The zero-order valence-corrected chi connectivity index (χ0v) is 13.7. The Morgan fingerprint density at radius 1 is 1.50 bits per heavy atom. The number of carbonyl (C=O) groups is 1. The second-order valence-electron chi connectivity index (χ2n) is 6.10. The molecule has 22 heavy (non-hydrogen) atoms. The number of nitrogens with two attached hydrogens (primary N) is 1. The highest BCUT2D eigenvalue weighted by Gasteiger charge is 2.18. The van der Waals surface area contributed by atoms with Gasteiger partial charge < -0.3 is 15.2 Å². The molecule has 1 amide bonds. The fraction of sp³-hybridized carbons (Fsp3) is 0.643. The molecule has 8 nitrogen and oxygen atoms in total. The van der Waals surface area contributed by atoms with E-state index in [1.165, 1.54) is 13.1 Å². The van der Waals surface area contributed by atoms with E-state index in [9.17, 15) is 9.59 Å². The Morgan fingerprint density at radius 2 is 2.14 bits per heavy atom. The summed E-state index contributed by atoms with van der Waals surface area (Å²) in [6.45, 7) is 7.61. The maximum atomic E-state index is 12.0. The van der Waals surface area contributed by atoms with Gasteiger partial charge >= 0.3 is 6.09 Å². The Balaban J connectivity index is 2.83. The molecule has 1 rings (SSSR count). The van der Waals surface area contributed by atoms with Crippen molar-refractivity contribution in [1.29, 1.82) is 0 Å². The Morgan fingerprint density at radius 3 is 2.68 bits per heavy atom. The lowest BCUT2D eigenvalue weighted by Gasteiger charge is -2.19. The predicted molar refractivity (Wildman–Crippen MR) is 82.6 cm³/mol. The number of rotatable bonds is 5. The maximum Gasteiger partial charge on any atom is 0.412 e. The van der Waals surface area contributed by atoms with Gasteiger partial charge in [-0.15, -0.1) is 0 Å². The number of aryl methyl sites for hydroxylation is 1. The van der Waals surface area contributed by atoms with E-state index >= 15 is 0 Å². The van der Waals surface area contributed by atoms with Crippen molar-refractivity contribution < 1.29 is 14.3 Å². The molecule has 0 aliphatic heterocycles. The van der Waals surface area contributed by atoms with Gasteiger partial charge in [0.25, 0.3) is 5.56 Å². The van der Waals surface area contributed by atoms with Crippen LogP contribution in [0.1, 0.15) is 33.4 Å². The van der Waals surface area contributed by atoms with Crippen LogP contribution in [-0.2, 0) is 23.1 Å². The second-order valence-corrected chi connectivity index (χ2v) is 6.10. The number of anilines is 1. The number of nitrogens with one attached hydrogen (secondary N) is 1. The summed E-state index contributed by atoms with van der Waals surface area (Å²) in [5.74, 6) is 0. The minimum atomic E-state index is -0.696. The Bertz CT molecular complexity index is 575. The van der Waals surface area contributed by atoms with Crippen LogP contribution in [-0.4, -0.2) is 34.1 Å². The number of hydrogen-bond donors (Lipinski definition) is 2. The molecule has 0 bridgehead atoms. The van der Waals surface area contributed by atoms with Crippen LogP contribution >= 0.6 is 0 Å². The molecule has 124 valence electrons. The zero-order chi connectivity index (χ0) is 16.9. The number of nitrogens with zero attached hydrogens (tertiary/aromatic N) is 2. The van der Waals surface area contributed by atoms with Gasteiger partial charge in [0, 0.05) is 13.1 Å². The van der Waals surface area contributed by atoms with Crippen molar-refractivity contribution in [3.8, 4) is 0 Å². The van der Waals surface area contributed by atoms with E-state index in [0.717, 1.165) is 4.68 Å². The first-order valence-electron chi connectivity index (χ1n) is 6.99. The molecule has 1 heterocycles. The molecule has 8 heteroatoms. The first-order valence-corrected chi connectivity index (χ1v) is 6.99. The van der Waals surface area contributed by atoms with Crippen LogP contribution in [0.4, 0.5) is 10.5 Å². The molecular formula is C14H24N4O4. The first-order chi connectivity index (χ1) is 10.1. The van der Waals surface area contributed by atoms with E-state index in [2.05, 4.69) is 10.4 Å². The molecular weight excluding hydrogens is 288 g/mol. The van der Waals surface area contributed by atoms with Gasteiger partial charge in [0.15, 0.2) is 0 Å². The molecule has 0 saturated heterocycles. The average molecular weight is 312 g/mol. The van der Waals surface area contributed by atoms with Crippen LogP contribution in [0, 0.1) is 0 Å². The SMILES string of the molecule is C[C@@H](N)COCc1cc(NC(=O)OC(C)(C)C)c(=O)n(C)n1. The second kappa shape index (κ2) is 7.37. The summed E-state index contributed by atoms with van der Waals surface area (Å²) < 4.78 is 11.6. The van der Waals surface area contributed by atoms with E-state index in [1.54, 1.807) is 20.8 Å². The summed E-state index contributed by atoms with van der Waals surface area (Å²) in [5, 5.41) is 6.49. The highest BCUT2D eigenvalue weighted by Crippen LogP contribution is 2.10. The van der Waals surface area contributed by atoms with Gasteiger partial charge in [-0.1, -0.05) is 0 Å². The highest BCUT2D eigenvalue weighted by molar-refractivity contribution is 5.84. The van der Waals surface area contributed by atoms with Crippen molar-refractivity contribution in [2.45, 2.75) is 45.9 Å². The van der Waals surface area contributed by atoms with Gasteiger partial charge in [-0.05, 0) is 33.8 Å². The monoisotopic (exact) mass is 312 g/mol. The summed E-state index contributed by atoms with van der Waals surface area (Å²) in [6.07, 6.45) is -0.696. The van der Waals surface area contributed by atoms with E-state index in [-0.39, 0.29) is 18.3 Å². The summed E-state index contributed by atoms with van der Waals surface area (Å²) in [4.78, 5) is 23.7. The fourth-order valence-corrected chi connectivity index (χ4v) is 1.59. The molecule has 1 aromatic heterocycles. The lowest BCUT2D eigenvalue weighted by atomic mass is 10.2. The lowest BCUT2D eigenvalue weighted by molar-refractivity contribution is 0.0635. The summed E-state index contributed by atoms with van der Waals surface area (Å²) >= 11 is 0. The number of hydrogen-bond acceptors (Lipinski definition) is 6. The topological polar surface area (TPSA) is 108 Å². The molecule has 0 aliphatic rings. The molecule has 0 aromatic carbocycles. The van der Waals surface area contributed by atoms with Crippen LogP contribution in [0.2, 0.25) is 0 Å². The smallest absolute Gasteiger partial charge is 0.412 e. The van der Waals surface area contributed by atoms with Crippen LogP contribution in [0.5, 0.6) is 0 Å². The third-order valence-corrected chi connectivity index (χ3v) is 2.38. The molecule has 0 spiro atoms. The fourth-order valence-electron chi connectivity index (χ4n) is 1.59. The molecule has 3 N–H and O–H groups in total. The van der Waals surface area contributed by atoms with Crippen molar-refractivity contribution >= 4 is 11.8 Å². The van der Waals surface area contributed by atoms with Crippen LogP contribution in [0.25, 0.3) is 0 Å². The van der Waals surface area contributed by atoms with Gasteiger partial charge in [0.05, 0.1) is 18.9 Å². The van der Waals surface area contributed by atoms with Crippen molar-refractivity contribution in [2.75, 3.05) is 11.9 Å². The molecule has 0 radical (unpaired) electrons. The van der Waals surface area contributed by atoms with Crippen LogP contribution < -0.4 is 16.6 Å². The molecule has 1 aromatic rings. The van der Waals surface area contributed by atoms with Crippen molar-refractivity contribution in [3.05, 3.63) is 22.1 Å².